The quantitative estimate of drug-likeness (QED) is 0.232. The van der Waals surface area contributed by atoms with Crippen molar-refractivity contribution < 1.29 is 0 Å². The zero-order valence-corrected chi connectivity index (χ0v) is 24.3. The van der Waals surface area contributed by atoms with Gasteiger partial charge in [-0.25, -0.2) is 4.98 Å². The zero-order valence-electron chi connectivity index (χ0n) is 20.3. The van der Waals surface area contributed by atoms with Crippen LogP contribution in [0.1, 0.15) is 17.5 Å². The Labute approximate surface area is 241 Å². The molecule has 0 unspecified atom stereocenters. The Hall–Kier alpha value is -1.67. The third-order valence-corrected chi connectivity index (χ3v) is 7.48. The van der Waals surface area contributed by atoms with Gasteiger partial charge >= 0.3 is 0 Å². The molecule has 5 nitrogen and oxygen atoms in total. The summed E-state index contributed by atoms with van der Waals surface area (Å²) in [6, 6.07) is 18.9. The fourth-order valence-electron chi connectivity index (χ4n) is 4.62. The number of rotatable bonds is 7. The van der Waals surface area contributed by atoms with Crippen molar-refractivity contribution in [3.8, 4) is 11.5 Å². The molecule has 0 spiro atoms. The Morgan fingerprint density at radius 2 is 1.72 bits per heavy atom. The maximum Gasteiger partial charge on any atom is 0.171 e. The number of pyridine rings is 1. The molecule has 0 bridgehead atoms. The van der Waals surface area contributed by atoms with E-state index < -0.39 is 0 Å². The Kier molecular flexibility index (Phi) is 11.7. The summed E-state index contributed by atoms with van der Waals surface area (Å²) in [7, 11) is 2.11. The van der Waals surface area contributed by atoms with Crippen molar-refractivity contribution in [3.05, 3.63) is 76.9 Å². The minimum atomic E-state index is 0. The maximum atomic E-state index is 6.90. The molecule has 10 heteroatoms. The highest BCUT2D eigenvalue weighted by Crippen LogP contribution is 2.36. The second-order valence-corrected chi connectivity index (χ2v) is 9.57. The minimum Gasteiger partial charge on any atom is -0.373 e. The van der Waals surface area contributed by atoms with Gasteiger partial charge in [0.1, 0.15) is 5.69 Å². The molecule has 0 saturated heterocycles. The number of halogens is 4. The molecule has 2 aromatic carbocycles. The zero-order chi connectivity index (χ0) is 22.8. The van der Waals surface area contributed by atoms with Crippen molar-refractivity contribution in [2.45, 2.75) is 19.4 Å². The highest BCUT2D eigenvalue weighted by molar-refractivity contribution is 7.97. The van der Waals surface area contributed by atoms with E-state index in [0.717, 1.165) is 67.3 Å². The standard InChI is InChI=1S/C26H28ClN5S.3ClH/c1-30(15-7-16-31-17-13-19-8-3-4-9-20(19)18-31)23-12-14-28-25(24(23)27)26-29-21-10-5-6-11-22(21)32(26)33-2;;;/h3-6,8-12,14H,7,13,15-18H2,1-2H3;3*1H. The fourth-order valence-corrected chi connectivity index (χ4v) is 5.61. The first-order valence-corrected chi connectivity index (χ1v) is 12.9. The molecule has 3 heterocycles. The van der Waals surface area contributed by atoms with Crippen LogP contribution in [0.4, 0.5) is 5.69 Å². The SMILES string of the molecule is CSn1c(-c2nccc(N(C)CCCN3CCc4ccccc4C3)c2Cl)nc2ccccc21.Cl.Cl.Cl. The fraction of sp³-hybridized carbons (Fsp3) is 0.308. The number of para-hydroxylation sites is 2. The van der Waals surface area contributed by atoms with Crippen molar-refractivity contribution >= 4 is 77.5 Å². The van der Waals surface area contributed by atoms with E-state index in [1.165, 1.54) is 11.1 Å². The van der Waals surface area contributed by atoms with E-state index in [1.807, 2.05) is 36.7 Å². The first-order chi connectivity index (χ1) is 16.2. The van der Waals surface area contributed by atoms with Gasteiger partial charge in [0.25, 0.3) is 0 Å². The summed E-state index contributed by atoms with van der Waals surface area (Å²) in [4.78, 5) is 14.2. The summed E-state index contributed by atoms with van der Waals surface area (Å²) in [5.41, 5.74) is 6.69. The lowest BCUT2D eigenvalue weighted by Gasteiger charge is -2.29. The Morgan fingerprint density at radius 3 is 2.50 bits per heavy atom. The van der Waals surface area contributed by atoms with Crippen molar-refractivity contribution in [1.29, 1.82) is 0 Å². The molecule has 4 aromatic rings. The Balaban J connectivity index is 0.00000152. The summed E-state index contributed by atoms with van der Waals surface area (Å²) in [6.07, 6.45) is 6.09. The lowest BCUT2D eigenvalue weighted by molar-refractivity contribution is 0.252. The molecule has 0 saturated carbocycles. The molecule has 0 amide bonds. The van der Waals surface area contributed by atoms with Gasteiger partial charge in [-0.05, 0) is 54.1 Å². The molecule has 0 aliphatic carbocycles. The predicted octanol–water partition coefficient (Wildman–Crippen LogP) is 7.03. The number of hydrogen-bond acceptors (Lipinski definition) is 5. The van der Waals surface area contributed by atoms with Crippen molar-refractivity contribution in [2.75, 3.05) is 37.8 Å². The second-order valence-electron chi connectivity index (χ2n) is 8.46. The molecule has 0 N–H and O–H groups in total. The van der Waals surface area contributed by atoms with Crippen LogP contribution in [0.3, 0.4) is 0 Å². The van der Waals surface area contributed by atoms with Crippen LogP contribution in [-0.4, -0.2) is 51.8 Å². The topological polar surface area (TPSA) is 37.2 Å². The van der Waals surface area contributed by atoms with E-state index >= 15 is 0 Å². The average molecular weight is 587 g/mol. The summed E-state index contributed by atoms with van der Waals surface area (Å²) in [5.74, 6) is 0.788. The minimum absolute atomic E-state index is 0. The molecule has 0 radical (unpaired) electrons. The first-order valence-electron chi connectivity index (χ1n) is 11.3. The summed E-state index contributed by atoms with van der Waals surface area (Å²) >= 11 is 8.51. The van der Waals surface area contributed by atoms with Crippen LogP contribution >= 0.6 is 60.8 Å². The van der Waals surface area contributed by atoms with Crippen LogP contribution in [0.5, 0.6) is 0 Å². The molecule has 1 aliphatic rings. The molecule has 36 heavy (non-hydrogen) atoms. The third-order valence-electron chi connectivity index (χ3n) is 6.37. The Morgan fingerprint density at radius 1 is 1.00 bits per heavy atom. The van der Waals surface area contributed by atoms with Crippen LogP contribution in [0.15, 0.2) is 60.8 Å². The highest BCUT2D eigenvalue weighted by atomic mass is 35.5. The van der Waals surface area contributed by atoms with Gasteiger partial charge in [-0.2, -0.15) is 0 Å². The lowest BCUT2D eigenvalue weighted by atomic mass is 10.00. The second kappa shape index (κ2) is 13.8. The maximum absolute atomic E-state index is 6.90. The number of anilines is 1. The largest absolute Gasteiger partial charge is 0.373 e. The smallest absolute Gasteiger partial charge is 0.171 e. The van der Waals surface area contributed by atoms with Gasteiger partial charge in [-0.1, -0.05) is 48.0 Å². The molecule has 0 fully saturated rings. The van der Waals surface area contributed by atoms with Gasteiger partial charge in [-0.15, -0.1) is 37.2 Å². The monoisotopic (exact) mass is 585 g/mol. The summed E-state index contributed by atoms with van der Waals surface area (Å²) < 4.78 is 2.10. The van der Waals surface area contributed by atoms with Gasteiger partial charge in [0.2, 0.25) is 0 Å². The van der Waals surface area contributed by atoms with Gasteiger partial charge in [-0.3, -0.25) is 13.9 Å². The molecule has 0 atom stereocenters. The Bertz CT molecular complexity index is 1280. The van der Waals surface area contributed by atoms with E-state index in [1.54, 1.807) is 11.9 Å². The number of nitrogens with zero attached hydrogens (tertiary/aromatic N) is 5. The van der Waals surface area contributed by atoms with Gasteiger partial charge in [0.05, 0.1) is 21.7 Å². The average Bonchev–Trinajstić information content (AvgIpc) is 3.22. The van der Waals surface area contributed by atoms with Crippen molar-refractivity contribution in [1.82, 2.24) is 18.8 Å². The van der Waals surface area contributed by atoms with Gasteiger partial charge in [0, 0.05) is 45.7 Å². The van der Waals surface area contributed by atoms with E-state index in [0.29, 0.717) is 5.02 Å². The van der Waals surface area contributed by atoms with E-state index in [4.69, 9.17) is 16.6 Å². The predicted molar refractivity (Wildman–Crippen MR) is 162 cm³/mol. The first kappa shape index (κ1) is 30.6. The van der Waals surface area contributed by atoms with Crippen LogP contribution in [-0.2, 0) is 13.0 Å². The molecule has 1 aliphatic heterocycles. The number of fused-ring (bicyclic) bond motifs is 2. The number of benzene rings is 2. The van der Waals surface area contributed by atoms with E-state index in [9.17, 15) is 0 Å². The van der Waals surface area contributed by atoms with Gasteiger partial charge < -0.3 is 4.90 Å². The van der Waals surface area contributed by atoms with Gasteiger partial charge in [0.15, 0.2) is 5.82 Å². The normalized spacial score (nSPS) is 12.8. The molecule has 194 valence electrons. The molecular formula is C26H31Cl4N5S. The summed E-state index contributed by atoms with van der Waals surface area (Å²) in [6.45, 7) is 4.19. The van der Waals surface area contributed by atoms with Crippen molar-refractivity contribution in [2.24, 2.45) is 0 Å². The third kappa shape index (κ3) is 6.24. The van der Waals surface area contributed by atoms with E-state index in [-0.39, 0.29) is 37.2 Å². The molecule has 2 aromatic heterocycles. The summed E-state index contributed by atoms with van der Waals surface area (Å²) in [5, 5.41) is 0.650. The molecule has 5 rings (SSSR count). The molecular weight excluding hydrogens is 556 g/mol. The van der Waals surface area contributed by atoms with E-state index in [2.05, 4.69) is 56.1 Å². The lowest BCUT2D eigenvalue weighted by Crippen LogP contribution is -2.33. The van der Waals surface area contributed by atoms with Crippen molar-refractivity contribution in [3.63, 3.8) is 0 Å². The number of hydrogen-bond donors (Lipinski definition) is 0. The van der Waals surface area contributed by atoms with Crippen LogP contribution in [0, 0.1) is 0 Å². The van der Waals surface area contributed by atoms with Crippen LogP contribution < -0.4 is 4.90 Å². The number of aromatic nitrogens is 3. The number of imidazole rings is 1. The van der Waals surface area contributed by atoms with Crippen LogP contribution in [0.25, 0.3) is 22.6 Å². The highest BCUT2D eigenvalue weighted by Gasteiger charge is 2.20. The van der Waals surface area contributed by atoms with Crippen LogP contribution in [0.2, 0.25) is 5.02 Å².